The zero-order valence-corrected chi connectivity index (χ0v) is 5.51. The molecule has 2 N–H and O–H groups in total. The zero-order chi connectivity index (χ0) is 7.70. The molecule has 0 saturated heterocycles. The van der Waals surface area contributed by atoms with Gasteiger partial charge < -0.3 is 10.5 Å². The maximum atomic E-state index is 9.82. The van der Waals surface area contributed by atoms with Crippen molar-refractivity contribution in [3.63, 3.8) is 0 Å². The van der Waals surface area contributed by atoms with Crippen molar-refractivity contribution in [1.29, 1.82) is 0 Å². The van der Waals surface area contributed by atoms with Crippen molar-refractivity contribution in [2.45, 2.75) is 13.8 Å². The van der Waals surface area contributed by atoms with Gasteiger partial charge in [0.25, 0.3) is 0 Å². The minimum absolute atomic E-state index is 0.211. The quantitative estimate of drug-likeness (QED) is 0.389. The fourth-order valence-electron chi connectivity index (χ4n) is 0.203. The number of carbonyl (C=O) groups is 1. The summed E-state index contributed by atoms with van der Waals surface area (Å²) in [5.41, 5.74) is 4.04. The Balaban J connectivity index is 0. The van der Waals surface area contributed by atoms with Crippen molar-refractivity contribution >= 4 is 12.4 Å². The van der Waals surface area contributed by atoms with E-state index in [-0.39, 0.29) is 5.97 Å². The van der Waals surface area contributed by atoms with E-state index in [1.54, 1.807) is 6.92 Å². The summed E-state index contributed by atoms with van der Waals surface area (Å²) in [4.78, 5) is 18.3. The standard InChI is InChI=1S/C4H8O2.CH2NO/c1-3-6-4(2)5;2-1-3/h3H2,1-2H3;(H2,2,3). The largest absolute Gasteiger partial charge is 0.466 e. The number of hydrogen-bond acceptors (Lipinski definition) is 3. The lowest BCUT2D eigenvalue weighted by atomic mass is 10.8. The van der Waals surface area contributed by atoms with Gasteiger partial charge in [0, 0.05) is 6.92 Å². The molecule has 0 aromatic rings. The van der Waals surface area contributed by atoms with Crippen LogP contribution < -0.4 is 5.73 Å². The minimum Gasteiger partial charge on any atom is -0.466 e. The van der Waals surface area contributed by atoms with Crippen LogP contribution in [0.3, 0.4) is 0 Å². The molecule has 0 heterocycles. The lowest BCUT2D eigenvalue weighted by Gasteiger charge is -1.89. The summed E-state index contributed by atoms with van der Waals surface area (Å²) < 4.78 is 4.40. The van der Waals surface area contributed by atoms with E-state index in [4.69, 9.17) is 4.79 Å². The minimum atomic E-state index is -0.211. The SMILES string of the molecule is CCOC(C)=O.N[C]=O. The molecule has 4 nitrogen and oxygen atoms in total. The molecule has 0 bridgehead atoms. The number of hydrogen-bond donors (Lipinski definition) is 1. The number of amides is 1. The molecule has 53 valence electrons. The van der Waals surface area contributed by atoms with Gasteiger partial charge in [0.15, 0.2) is 0 Å². The third-order valence-electron chi connectivity index (χ3n) is 0.348. The van der Waals surface area contributed by atoms with Crippen molar-refractivity contribution in [2.24, 2.45) is 5.73 Å². The molecule has 9 heavy (non-hydrogen) atoms. The first-order valence-electron chi connectivity index (χ1n) is 2.40. The third-order valence-corrected chi connectivity index (χ3v) is 0.348. The van der Waals surface area contributed by atoms with Crippen LogP contribution in [0.4, 0.5) is 0 Å². The number of carbonyl (C=O) groups excluding carboxylic acids is 2. The summed E-state index contributed by atoms with van der Waals surface area (Å²) in [5, 5.41) is 0. The van der Waals surface area contributed by atoms with Crippen molar-refractivity contribution in [3.05, 3.63) is 0 Å². The van der Waals surface area contributed by atoms with Crippen LogP contribution in [0.25, 0.3) is 0 Å². The summed E-state index contributed by atoms with van der Waals surface area (Å²) in [6.45, 7) is 3.65. The lowest BCUT2D eigenvalue weighted by molar-refractivity contribution is -0.140. The molecule has 0 saturated carbocycles. The van der Waals surface area contributed by atoms with E-state index in [9.17, 15) is 4.79 Å². The molecule has 0 aromatic carbocycles. The van der Waals surface area contributed by atoms with Crippen LogP contribution in [0.1, 0.15) is 13.8 Å². The van der Waals surface area contributed by atoms with Gasteiger partial charge in [-0.05, 0) is 6.92 Å². The Bertz CT molecular complexity index is 82.3. The maximum Gasteiger partial charge on any atom is 0.306 e. The monoisotopic (exact) mass is 132 g/mol. The molecular formula is C5H10NO3. The molecule has 1 amide bonds. The smallest absolute Gasteiger partial charge is 0.306 e. The van der Waals surface area contributed by atoms with Crippen molar-refractivity contribution in [2.75, 3.05) is 6.61 Å². The second-order valence-corrected chi connectivity index (χ2v) is 1.04. The Morgan fingerprint density at radius 1 is 1.78 bits per heavy atom. The Hall–Kier alpha value is -1.06. The highest BCUT2D eigenvalue weighted by Gasteiger charge is 1.81. The lowest BCUT2D eigenvalue weighted by Crippen LogP contribution is -1.95. The molecule has 0 spiro atoms. The van der Waals surface area contributed by atoms with E-state index in [2.05, 4.69) is 10.5 Å². The molecule has 0 aromatic heterocycles. The van der Waals surface area contributed by atoms with Crippen molar-refractivity contribution in [1.82, 2.24) is 0 Å². The Labute approximate surface area is 54.0 Å². The number of esters is 1. The van der Waals surface area contributed by atoms with Gasteiger partial charge in [0.1, 0.15) is 0 Å². The first-order chi connectivity index (χ1) is 4.18. The Kier molecular flexibility index (Phi) is 12.1. The summed E-state index contributed by atoms with van der Waals surface area (Å²) in [7, 11) is 0. The van der Waals surface area contributed by atoms with E-state index in [0.717, 1.165) is 6.41 Å². The molecule has 0 fully saturated rings. The molecule has 0 aliphatic rings. The van der Waals surface area contributed by atoms with Crippen molar-refractivity contribution < 1.29 is 14.3 Å². The molecule has 1 radical (unpaired) electrons. The summed E-state index contributed by atoms with van der Waals surface area (Å²) in [6, 6.07) is 0. The van der Waals surface area contributed by atoms with E-state index in [1.165, 1.54) is 6.92 Å². The van der Waals surface area contributed by atoms with Crippen LogP contribution in [0.5, 0.6) is 0 Å². The first kappa shape index (κ1) is 10.8. The number of ether oxygens (including phenoxy) is 1. The van der Waals surface area contributed by atoms with Gasteiger partial charge in [-0.3, -0.25) is 9.59 Å². The van der Waals surface area contributed by atoms with Crippen molar-refractivity contribution in [3.8, 4) is 0 Å². The second kappa shape index (κ2) is 10.0. The Morgan fingerprint density at radius 2 is 2.11 bits per heavy atom. The topological polar surface area (TPSA) is 69.4 Å². The van der Waals surface area contributed by atoms with Crippen LogP contribution in [-0.4, -0.2) is 19.0 Å². The van der Waals surface area contributed by atoms with Crippen LogP contribution >= 0.6 is 0 Å². The first-order valence-corrected chi connectivity index (χ1v) is 2.40. The number of rotatable bonds is 1. The summed E-state index contributed by atoms with van der Waals surface area (Å²) >= 11 is 0. The van der Waals surface area contributed by atoms with E-state index in [1.807, 2.05) is 0 Å². The van der Waals surface area contributed by atoms with E-state index < -0.39 is 0 Å². The normalized spacial score (nSPS) is 6.44. The average Bonchev–Trinajstić information content (AvgIpc) is 1.67. The predicted octanol–water partition coefficient (Wildman–Crippen LogP) is -0.418. The fourth-order valence-corrected chi connectivity index (χ4v) is 0.203. The summed E-state index contributed by atoms with van der Waals surface area (Å²) in [6.07, 6.45) is 1.00. The van der Waals surface area contributed by atoms with Gasteiger partial charge in [-0.1, -0.05) is 0 Å². The molecule has 0 atom stereocenters. The van der Waals surface area contributed by atoms with E-state index >= 15 is 0 Å². The van der Waals surface area contributed by atoms with Gasteiger partial charge in [0.2, 0.25) is 0 Å². The van der Waals surface area contributed by atoms with Crippen LogP contribution in [0.2, 0.25) is 0 Å². The molecule has 0 rings (SSSR count). The van der Waals surface area contributed by atoms with Gasteiger partial charge >= 0.3 is 12.4 Å². The number of nitrogens with two attached hydrogens (primary N) is 1. The van der Waals surface area contributed by atoms with Crippen LogP contribution in [-0.2, 0) is 14.3 Å². The zero-order valence-electron chi connectivity index (χ0n) is 5.51. The van der Waals surface area contributed by atoms with E-state index in [0.29, 0.717) is 6.61 Å². The molecule has 4 heteroatoms. The predicted molar refractivity (Wildman–Crippen MR) is 32.2 cm³/mol. The highest BCUT2D eigenvalue weighted by atomic mass is 16.5. The molecular weight excluding hydrogens is 122 g/mol. The van der Waals surface area contributed by atoms with Crippen LogP contribution in [0.15, 0.2) is 0 Å². The van der Waals surface area contributed by atoms with Gasteiger partial charge in [0.05, 0.1) is 6.61 Å². The third kappa shape index (κ3) is 45.0. The highest BCUT2D eigenvalue weighted by Crippen LogP contribution is 1.69. The molecule has 0 unspecified atom stereocenters. The van der Waals surface area contributed by atoms with Gasteiger partial charge in [-0.25, -0.2) is 0 Å². The average molecular weight is 132 g/mol. The van der Waals surface area contributed by atoms with Gasteiger partial charge in [-0.2, -0.15) is 0 Å². The molecule has 0 aliphatic heterocycles. The molecule has 0 aliphatic carbocycles. The number of primary amides is 1. The maximum absolute atomic E-state index is 9.82. The summed E-state index contributed by atoms with van der Waals surface area (Å²) in [5.74, 6) is -0.211. The van der Waals surface area contributed by atoms with Crippen LogP contribution in [0, 0.1) is 0 Å². The van der Waals surface area contributed by atoms with Gasteiger partial charge in [-0.15, -0.1) is 0 Å². The second-order valence-electron chi connectivity index (χ2n) is 1.04. The highest BCUT2D eigenvalue weighted by molar-refractivity contribution is 5.65. The fraction of sp³-hybridized carbons (Fsp3) is 0.600. The Morgan fingerprint density at radius 3 is 2.11 bits per heavy atom.